The van der Waals surface area contributed by atoms with Crippen molar-refractivity contribution in [3.63, 3.8) is 0 Å². The van der Waals surface area contributed by atoms with Gasteiger partial charge in [0.1, 0.15) is 5.69 Å². The van der Waals surface area contributed by atoms with E-state index in [9.17, 15) is 9.59 Å². The minimum Gasteiger partial charge on any atom is -0.481 e. The number of carbonyl (C=O) groups excluding carboxylic acids is 1. The van der Waals surface area contributed by atoms with Crippen molar-refractivity contribution in [1.82, 2.24) is 4.57 Å². The number of benzene rings is 1. The first kappa shape index (κ1) is 15.3. The van der Waals surface area contributed by atoms with Crippen LogP contribution in [-0.2, 0) is 18.3 Å². The molecule has 0 aliphatic heterocycles. The van der Waals surface area contributed by atoms with E-state index in [0.717, 1.165) is 10.0 Å². The van der Waals surface area contributed by atoms with E-state index in [0.29, 0.717) is 17.8 Å². The molecule has 1 aromatic heterocycles. The zero-order valence-electron chi connectivity index (χ0n) is 11.5. The number of nitrogens with one attached hydrogen (secondary N) is 1. The molecule has 21 heavy (non-hydrogen) atoms. The third-order valence-corrected chi connectivity index (χ3v) is 3.45. The van der Waals surface area contributed by atoms with E-state index in [1.54, 1.807) is 42.1 Å². The van der Waals surface area contributed by atoms with Gasteiger partial charge in [-0.1, -0.05) is 12.1 Å². The molecule has 0 aliphatic rings. The van der Waals surface area contributed by atoms with Crippen LogP contribution in [0, 0.1) is 0 Å². The second-order valence-electron chi connectivity index (χ2n) is 4.70. The number of rotatable bonds is 5. The van der Waals surface area contributed by atoms with Gasteiger partial charge in [0.25, 0.3) is 5.91 Å². The highest BCUT2D eigenvalue weighted by Gasteiger charge is 2.11. The molecule has 0 saturated heterocycles. The molecule has 0 fully saturated rings. The zero-order chi connectivity index (χ0) is 15.4. The van der Waals surface area contributed by atoms with E-state index in [1.165, 1.54) is 0 Å². The maximum atomic E-state index is 12.2. The summed E-state index contributed by atoms with van der Waals surface area (Å²) in [5, 5.41) is 11.5. The van der Waals surface area contributed by atoms with Crippen LogP contribution in [0.4, 0.5) is 5.69 Å². The van der Waals surface area contributed by atoms with E-state index in [1.807, 2.05) is 6.07 Å². The Bertz CT molecular complexity index is 679. The van der Waals surface area contributed by atoms with Crippen molar-refractivity contribution in [1.29, 1.82) is 0 Å². The summed E-state index contributed by atoms with van der Waals surface area (Å²) in [5.74, 6) is -1.04. The number of anilines is 1. The van der Waals surface area contributed by atoms with Crippen LogP contribution in [0.5, 0.6) is 0 Å². The molecule has 6 heteroatoms. The van der Waals surface area contributed by atoms with Crippen LogP contribution in [0.15, 0.2) is 41.0 Å². The molecule has 1 heterocycles. The predicted octanol–water partition coefficient (Wildman–Crippen LogP) is 3.06. The van der Waals surface area contributed by atoms with Gasteiger partial charge in [0.05, 0.1) is 0 Å². The monoisotopic (exact) mass is 350 g/mol. The number of aryl methyl sites for hydroxylation is 2. The molecule has 0 spiro atoms. The average molecular weight is 351 g/mol. The quantitative estimate of drug-likeness (QED) is 0.870. The zero-order valence-corrected chi connectivity index (χ0v) is 13.1. The summed E-state index contributed by atoms with van der Waals surface area (Å²) in [5.41, 5.74) is 2.07. The summed E-state index contributed by atoms with van der Waals surface area (Å²) in [4.78, 5) is 22.8. The number of hydrogen-bond acceptors (Lipinski definition) is 2. The van der Waals surface area contributed by atoms with Gasteiger partial charge in [0.15, 0.2) is 0 Å². The van der Waals surface area contributed by atoms with Crippen LogP contribution < -0.4 is 5.32 Å². The third kappa shape index (κ3) is 4.19. The fourth-order valence-corrected chi connectivity index (χ4v) is 2.52. The van der Waals surface area contributed by atoms with Crippen LogP contribution in [-0.4, -0.2) is 21.6 Å². The molecular formula is C15H15BrN2O3. The first-order chi connectivity index (χ1) is 9.95. The molecule has 2 rings (SSSR count). The maximum Gasteiger partial charge on any atom is 0.303 e. The lowest BCUT2D eigenvalue weighted by Gasteiger charge is -2.07. The third-order valence-electron chi connectivity index (χ3n) is 3.02. The lowest BCUT2D eigenvalue weighted by atomic mass is 10.1. The SMILES string of the molecule is Cn1cc(Br)cc1C(=O)Nc1cccc(CCC(=O)O)c1. The molecule has 0 bridgehead atoms. The number of hydrogen-bond donors (Lipinski definition) is 2. The van der Waals surface area contributed by atoms with Gasteiger partial charge in [-0.15, -0.1) is 0 Å². The van der Waals surface area contributed by atoms with Crippen LogP contribution in [0.3, 0.4) is 0 Å². The predicted molar refractivity (Wildman–Crippen MR) is 83.5 cm³/mol. The fourth-order valence-electron chi connectivity index (χ4n) is 2.00. The van der Waals surface area contributed by atoms with Crippen LogP contribution in [0.1, 0.15) is 22.5 Å². The van der Waals surface area contributed by atoms with Crippen LogP contribution in [0.25, 0.3) is 0 Å². The molecule has 1 aromatic carbocycles. The smallest absolute Gasteiger partial charge is 0.303 e. The highest BCUT2D eigenvalue weighted by atomic mass is 79.9. The molecule has 0 unspecified atom stereocenters. The Morgan fingerprint density at radius 3 is 2.71 bits per heavy atom. The number of amides is 1. The molecule has 1 amide bonds. The Kier molecular flexibility index (Phi) is 4.80. The number of aromatic nitrogens is 1. The number of carboxylic acid groups (broad SMARTS) is 1. The molecular weight excluding hydrogens is 336 g/mol. The van der Waals surface area contributed by atoms with Crippen molar-refractivity contribution in [2.24, 2.45) is 7.05 Å². The molecule has 2 aromatic rings. The Morgan fingerprint density at radius 2 is 2.10 bits per heavy atom. The highest BCUT2D eigenvalue weighted by molar-refractivity contribution is 9.10. The molecule has 110 valence electrons. The van der Waals surface area contributed by atoms with Gasteiger partial charge in [-0.25, -0.2) is 0 Å². The van der Waals surface area contributed by atoms with E-state index in [-0.39, 0.29) is 12.3 Å². The standard InChI is InChI=1S/C15H15BrN2O3/c1-18-9-11(16)8-13(18)15(21)17-12-4-2-3-10(7-12)5-6-14(19)20/h2-4,7-9H,5-6H2,1H3,(H,17,21)(H,19,20). The molecule has 5 nitrogen and oxygen atoms in total. The fraction of sp³-hybridized carbons (Fsp3) is 0.200. The molecule has 0 atom stereocenters. The first-order valence-corrected chi connectivity index (χ1v) is 7.19. The number of carboxylic acids is 1. The number of halogens is 1. The Balaban J connectivity index is 2.09. The first-order valence-electron chi connectivity index (χ1n) is 6.39. The van der Waals surface area contributed by atoms with Crippen molar-refractivity contribution < 1.29 is 14.7 Å². The van der Waals surface area contributed by atoms with Gasteiger partial charge < -0.3 is 15.0 Å². The van der Waals surface area contributed by atoms with E-state index in [2.05, 4.69) is 21.2 Å². The summed E-state index contributed by atoms with van der Waals surface area (Å²) < 4.78 is 2.57. The van der Waals surface area contributed by atoms with Crippen LogP contribution >= 0.6 is 15.9 Å². The van der Waals surface area contributed by atoms with Crippen molar-refractivity contribution >= 4 is 33.5 Å². The summed E-state index contributed by atoms with van der Waals surface area (Å²) in [6.45, 7) is 0. The van der Waals surface area contributed by atoms with Crippen molar-refractivity contribution in [3.05, 3.63) is 52.3 Å². The highest BCUT2D eigenvalue weighted by Crippen LogP contribution is 2.17. The minimum absolute atomic E-state index is 0.0716. The number of carbonyl (C=O) groups is 2. The van der Waals surface area contributed by atoms with Gasteiger partial charge in [-0.05, 0) is 46.1 Å². The normalized spacial score (nSPS) is 10.4. The molecule has 0 aliphatic carbocycles. The largest absolute Gasteiger partial charge is 0.481 e. The van der Waals surface area contributed by atoms with E-state index < -0.39 is 5.97 Å². The number of nitrogens with zero attached hydrogens (tertiary/aromatic N) is 1. The van der Waals surface area contributed by atoms with Gasteiger partial charge >= 0.3 is 5.97 Å². The van der Waals surface area contributed by atoms with E-state index >= 15 is 0 Å². The van der Waals surface area contributed by atoms with Crippen molar-refractivity contribution in [2.75, 3.05) is 5.32 Å². The van der Waals surface area contributed by atoms with Crippen LogP contribution in [0.2, 0.25) is 0 Å². The van der Waals surface area contributed by atoms with Crippen molar-refractivity contribution in [2.45, 2.75) is 12.8 Å². The molecule has 0 saturated carbocycles. The lowest BCUT2D eigenvalue weighted by Crippen LogP contribution is -2.15. The Labute approximate surface area is 130 Å². The summed E-state index contributed by atoms with van der Waals surface area (Å²) >= 11 is 3.33. The summed E-state index contributed by atoms with van der Waals surface area (Å²) in [6, 6.07) is 8.95. The Morgan fingerprint density at radius 1 is 1.33 bits per heavy atom. The van der Waals surface area contributed by atoms with Crippen molar-refractivity contribution in [3.8, 4) is 0 Å². The van der Waals surface area contributed by atoms with Gasteiger partial charge in [-0.2, -0.15) is 0 Å². The lowest BCUT2D eigenvalue weighted by molar-refractivity contribution is -0.136. The van der Waals surface area contributed by atoms with Gasteiger partial charge in [0, 0.05) is 29.8 Å². The second kappa shape index (κ2) is 6.58. The summed E-state index contributed by atoms with van der Waals surface area (Å²) in [7, 11) is 1.79. The second-order valence-corrected chi connectivity index (χ2v) is 5.62. The number of aliphatic carboxylic acids is 1. The Hall–Kier alpha value is -2.08. The maximum absolute atomic E-state index is 12.2. The topological polar surface area (TPSA) is 71.3 Å². The molecule has 0 radical (unpaired) electrons. The molecule has 2 N–H and O–H groups in total. The average Bonchev–Trinajstić information content (AvgIpc) is 2.76. The van der Waals surface area contributed by atoms with Gasteiger partial charge in [0.2, 0.25) is 0 Å². The summed E-state index contributed by atoms with van der Waals surface area (Å²) in [6.07, 6.45) is 2.31. The minimum atomic E-state index is -0.835. The van der Waals surface area contributed by atoms with E-state index in [4.69, 9.17) is 5.11 Å². The van der Waals surface area contributed by atoms with Gasteiger partial charge in [-0.3, -0.25) is 9.59 Å².